The van der Waals surface area contributed by atoms with E-state index in [1.165, 1.54) is 42.6 Å². The van der Waals surface area contributed by atoms with Crippen molar-refractivity contribution in [1.29, 1.82) is 0 Å². The number of benzene rings is 2. The Kier molecular flexibility index (Phi) is 8.87. The van der Waals surface area contributed by atoms with E-state index in [0.29, 0.717) is 17.7 Å². The van der Waals surface area contributed by atoms with E-state index in [-0.39, 0.29) is 42.6 Å². The molecule has 0 radical (unpaired) electrons. The second-order valence-electron chi connectivity index (χ2n) is 8.08. The van der Waals surface area contributed by atoms with E-state index in [1.54, 1.807) is 0 Å². The van der Waals surface area contributed by atoms with Gasteiger partial charge in [0.25, 0.3) is 5.91 Å². The molecule has 0 spiro atoms. The number of nitrogens with one attached hydrogen (secondary N) is 1. The highest BCUT2D eigenvalue weighted by atomic mass is 19.4. The van der Waals surface area contributed by atoms with Crippen molar-refractivity contribution in [3.05, 3.63) is 100 Å². The van der Waals surface area contributed by atoms with Crippen LogP contribution in [0.1, 0.15) is 44.2 Å². The van der Waals surface area contributed by atoms with E-state index in [2.05, 4.69) is 10.3 Å². The van der Waals surface area contributed by atoms with Gasteiger partial charge in [-0.25, -0.2) is 4.39 Å². The zero-order valence-corrected chi connectivity index (χ0v) is 19.0. The first kappa shape index (κ1) is 28.1. The molecule has 0 bridgehead atoms. The topological polar surface area (TPSA) is 71.5 Å². The van der Waals surface area contributed by atoms with E-state index in [0.717, 1.165) is 0 Å². The minimum absolute atomic E-state index is 0.0294. The summed E-state index contributed by atoms with van der Waals surface area (Å²) in [5.41, 5.74) is -2.25. The Morgan fingerprint density at radius 3 is 2.14 bits per heavy atom. The maximum absolute atomic E-state index is 13.4. The van der Waals surface area contributed by atoms with Gasteiger partial charge in [0.05, 0.1) is 36.6 Å². The second-order valence-corrected chi connectivity index (χ2v) is 8.08. The lowest BCUT2D eigenvalue weighted by molar-refractivity contribution is -0.143. The molecule has 3 rings (SSSR count). The monoisotopic (exact) mass is 530 g/mol. The Morgan fingerprint density at radius 1 is 0.946 bits per heavy atom. The number of alkyl halides is 6. The van der Waals surface area contributed by atoms with Gasteiger partial charge in [0.2, 0.25) is 0 Å². The Balaban J connectivity index is 1.74. The summed E-state index contributed by atoms with van der Waals surface area (Å²) in [5.74, 6) is -1.65. The third-order valence-electron chi connectivity index (χ3n) is 5.33. The van der Waals surface area contributed by atoms with Crippen LogP contribution in [-0.4, -0.2) is 29.1 Å². The Bertz CT molecular complexity index is 1180. The minimum Gasteiger partial charge on any atom is -0.390 e. The molecule has 3 aromatic rings. The first-order valence-corrected chi connectivity index (χ1v) is 10.8. The Morgan fingerprint density at radius 2 is 1.57 bits per heavy atom. The first-order chi connectivity index (χ1) is 17.4. The predicted molar refractivity (Wildman–Crippen MR) is 118 cm³/mol. The van der Waals surface area contributed by atoms with Crippen molar-refractivity contribution in [1.82, 2.24) is 10.3 Å². The molecule has 1 amide bonds. The molecule has 0 aliphatic rings. The Labute approximate surface area is 206 Å². The van der Waals surface area contributed by atoms with Crippen molar-refractivity contribution in [3.8, 4) is 0 Å². The maximum Gasteiger partial charge on any atom is 0.416 e. The highest BCUT2D eigenvalue weighted by Crippen LogP contribution is 2.36. The van der Waals surface area contributed by atoms with Crippen molar-refractivity contribution >= 4 is 5.91 Å². The van der Waals surface area contributed by atoms with Gasteiger partial charge < -0.3 is 15.2 Å². The third-order valence-corrected chi connectivity index (χ3v) is 5.33. The molecule has 0 aliphatic carbocycles. The molecule has 1 heterocycles. The number of rotatable bonds is 9. The number of ether oxygens (including phenoxy) is 1. The second kappa shape index (κ2) is 11.7. The predicted octanol–water partition coefficient (Wildman–Crippen LogP) is 5.48. The number of halogens is 7. The molecule has 2 aromatic carbocycles. The zero-order valence-electron chi connectivity index (χ0n) is 19.0. The Hall–Kier alpha value is -3.51. The van der Waals surface area contributed by atoms with Crippen molar-refractivity contribution in [3.63, 3.8) is 0 Å². The zero-order chi connectivity index (χ0) is 27.2. The van der Waals surface area contributed by atoms with Gasteiger partial charge in [-0.1, -0.05) is 12.1 Å². The number of aromatic nitrogens is 1. The maximum atomic E-state index is 13.4. The van der Waals surface area contributed by atoms with E-state index in [1.807, 2.05) is 0 Å². The molecule has 0 saturated carbocycles. The van der Waals surface area contributed by atoms with Gasteiger partial charge >= 0.3 is 12.4 Å². The van der Waals surface area contributed by atoms with Crippen LogP contribution < -0.4 is 5.32 Å². The van der Waals surface area contributed by atoms with Crippen molar-refractivity contribution in [2.24, 2.45) is 0 Å². The smallest absolute Gasteiger partial charge is 0.390 e. The molecule has 1 unspecified atom stereocenters. The van der Waals surface area contributed by atoms with Gasteiger partial charge in [0, 0.05) is 24.2 Å². The van der Waals surface area contributed by atoms with E-state index < -0.39 is 47.7 Å². The van der Waals surface area contributed by atoms with Gasteiger partial charge in [0.1, 0.15) is 5.82 Å². The van der Waals surface area contributed by atoms with Crippen LogP contribution in [0, 0.1) is 5.82 Å². The number of carbonyl (C=O) groups excluding carboxylic acids is 1. The molecule has 198 valence electrons. The number of hydrogen-bond donors (Lipinski definition) is 2. The molecule has 0 aliphatic heterocycles. The molecule has 12 heteroatoms. The van der Waals surface area contributed by atoms with E-state index in [4.69, 9.17) is 4.74 Å². The van der Waals surface area contributed by atoms with Crippen molar-refractivity contribution < 1.29 is 45.4 Å². The fourth-order valence-electron chi connectivity index (χ4n) is 3.45. The van der Waals surface area contributed by atoms with Crippen molar-refractivity contribution in [2.45, 2.75) is 31.5 Å². The van der Waals surface area contributed by atoms with Crippen LogP contribution in [-0.2, 0) is 30.3 Å². The lowest BCUT2D eigenvalue weighted by Gasteiger charge is -2.19. The summed E-state index contributed by atoms with van der Waals surface area (Å²) in [5, 5.41) is 11.8. The molecule has 2 N–H and O–H groups in total. The molecule has 1 aromatic heterocycles. The largest absolute Gasteiger partial charge is 0.416 e. The fraction of sp³-hybridized carbons (Fsp3) is 0.280. The quantitative estimate of drug-likeness (QED) is 0.360. The van der Waals surface area contributed by atoms with Gasteiger partial charge in [-0.2, -0.15) is 26.3 Å². The number of amides is 1. The summed E-state index contributed by atoms with van der Waals surface area (Å²) in [6, 6.07) is 9.18. The summed E-state index contributed by atoms with van der Waals surface area (Å²) in [6.45, 7) is -1.19. The van der Waals surface area contributed by atoms with Crippen LogP contribution in [0.3, 0.4) is 0 Å². The van der Waals surface area contributed by atoms with Crippen LogP contribution in [0.5, 0.6) is 0 Å². The average Bonchev–Trinajstić information content (AvgIpc) is 2.85. The molecule has 37 heavy (non-hydrogen) atoms. The van der Waals surface area contributed by atoms with E-state index >= 15 is 0 Å². The summed E-state index contributed by atoms with van der Waals surface area (Å²) < 4.78 is 97.5. The summed E-state index contributed by atoms with van der Waals surface area (Å²) >= 11 is 0. The summed E-state index contributed by atoms with van der Waals surface area (Å²) in [4.78, 5) is 16.4. The minimum atomic E-state index is -4.99. The highest BCUT2D eigenvalue weighted by molar-refractivity contribution is 5.94. The molecule has 0 saturated heterocycles. The standard InChI is InChI=1S/C25H21F7N2O3/c26-21-3-1-16(2-4-21)18(11-34-23(36)17-5-6-33-22(9-17)12-35)14-37-13-15-7-19(24(27,28)29)10-20(8-15)25(30,31)32/h1-10,18,35H,11-14H2,(H,34,36). The summed E-state index contributed by atoms with van der Waals surface area (Å²) in [7, 11) is 0. The number of nitrogens with zero attached hydrogens (tertiary/aromatic N) is 1. The number of pyridine rings is 1. The first-order valence-electron chi connectivity index (χ1n) is 10.8. The molecule has 1 atom stereocenters. The molecular formula is C25H21F7N2O3. The number of aliphatic hydroxyl groups excluding tert-OH is 1. The average molecular weight is 530 g/mol. The van der Waals surface area contributed by atoms with Crippen LogP contribution in [0.2, 0.25) is 0 Å². The molecule has 5 nitrogen and oxygen atoms in total. The highest BCUT2D eigenvalue weighted by Gasteiger charge is 2.36. The fourth-order valence-corrected chi connectivity index (χ4v) is 3.45. The van der Waals surface area contributed by atoms with E-state index in [9.17, 15) is 40.6 Å². The summed E-state index contributed by atoms with van der Waals surface area (Å²) in [6.07, 6.45) is -8.63. The van der Waals surface area contributed by atoms with Crippen molar-refractivity contribution in [2.75, 3.05) is 13.2 Å². The lowest BCUT2D eigenvalue weighted by Crippen LogP contribution is -2.30. The van der Waals surface area contributed by atoms with Crippen LogP contribution in [0.15, 0.2) is 60.8 Å². The van der Waals surface area contributed by atoms with Gasteiger partial charge in [-0.15, -0.1) is 0 Å². The number of carbonyl (C=O) groups is 1. The number of aliphatic hydroxyl groups is 1. The van der Waals surface area contributed by atoms with Crippen LogP contribution in [0.4, 0.5) is 30.7 Å². The van der Waals surface area contributed by atoms with Gasteiger partial charge in [-0.05, 0) is 53.6 Å². The molecule has 0 fully saturated rings. The van der Waals surface area contributed by atoms with Crippen LogP contribution in [0.25, 0.3) is 0 Å². The molecular weight excluding hydrogens is 509 g/mol. The third kappa shape index (κ3) is 7.99. The van der Waals surface area contributed by atoms with Gasteiger partial charge in [-0.3, -0.25) is 9.78 Å². The van der Waals surface area contributed by atoms with Gasteiger partial charge in [0.15, 0.2) is 0 Å². The normalized spacial score (nSPS) is 12.9. The lowest BCUT2D eigenvalue weighted by atomic mass is 9.99. The van der Waals surface area contributed by atoms with Crippen LogP contribution >= 0.6 is 0 Å². The SMILES string of the molecule is O=C(NCC(COCc1cc(C(F)(F)F)cc(C(F)(F)F)c1)c1ccc(F)cc1)c1ccnc(CO)c1. The number of hydrogen-bond acceptors (Lipinski definition) is 4.